The van der Waals surface area contributed by atoms with Gasteiger partial charge in [0.05, 0.1) is 0 Å². The fourth-order valence-corrected chi connectivity index (χ4v) is 1.23. The lowest BCUT2D eigenvalue weighted by Crippen LogP contribution is -2.03. The zero-order chi connectivity index (χ0) is 9.68. The van der Waals surface area contributed by atoms with Gasteiger partial charge in [-0.3, -0.25) is 4.79 Å². The SMILES string of the molecule is CC1=C(OC=O)CCC(OCO)=C1. The molecule has 1 aliphatic carbocycles. The Morgan fingerprint density at radius 3 is 2.92 bits per heavy atom. The summed E-state index contributed by atoms with van der Waals surface area (Å²) in [7, 11) is 0. The van der Waals surface area contributed by atoms with E-state index in [2.05, 4.69) is 0 Å². The van der Waals surface area contributed by atoms with Crippen LogP contribution < -0.4 is 0 Å². The Hall–Kier alpha value is -1.29. The van der Waals surface area contributed by atoms with Crippen molar-refractivity contribution in [1.82, 2.24) is 0 Å². The molecule has 0 amide bonds. The fraction of sp³-hybridized carbons (Fsp3) is 0.444. The molecule has 0 fully saturated rings. The molecule has 0 aromatic rings. The van der Waals surface area contributed by atoms with E-state index in [0.29, 0.717) is 25.1 Å². The summed E-state index contributed by atoms with van der Waals surface area (Å²) < 4.78 is 9.68. The standard InChI is InChI=1S/C9H12O4/c1-7-4-8(12-5-10)2-3-9(7)13-6-11/h4,6,10H,2-3,5H2,1H3. The maximum absolute atomic E-state index is 10.1. The Morgan fingerprint density at radius 2 is 2.38 bits per heavy atom. The highest BCUT2D eigenvalue weighted by atomic mass is 16.6. The molecule has 0 atom stereocenters. The first kappa shape index (κ1) is 9.80. The molecule has 0 unspecified atom stereocenters. The Kier molecular flexibility index (Phi) is 3.52. The third-order valence-electron chi connectivity index (χ3n) is 1.86. The molecule has 0 bridgehead atoms. The minimum atomic E-state index is -0.316. The lowest BCUT2D eigenvalue weighted by molar-refractivity contribution is -0.125. The number of carbonyl (C=O) groups excluding carboxylic acids is 1. The molecule has 0 spiro atoms. The molecule has 0 saturated heterocycles. The van der Waals surface area contributed by atoms with Crippen LogP contribution in [0.4, 0.5) is 0 Å². The number of ether oxygens (including phenoxy) is 2. The predicted octanol–water partition coefficient (Wildman–Crippen LogP) is 1.08. The first-order valence-corrected chi connectivity index (χ1v) is 4.02. The van der Waals surface area contributed by atoms with E-state index in [1.165, 1.54) is 0 Å². The summed E-state index contributed by atoms with van der Waals surface area (Å²) in [6, 6.07) is 0. The normalized spacial score (nSPS) is 16.6. The second kappa shape index (κ2) is 4.67. The van der Waals surface area contributed by atoms with Gasteiger partial charge in [-0.15, -0.1) is 0 Å². The maximum atomic E-state index is 10.1. The third-order valence-corrected chi connectivity index (χ3v) is 1.86. The maximum Gasteiger partial charge on any atom is 0.298 e. The largest absolute Gasteiger partial charge is 0.472 e. The van der Waals surface area contributed by atoms with E-state index in [4.69, 9.17) is 14.6 Å². The van der Waals surface area contributed by atoms with Crippen molar-refractivity contribution in [2.45, 2.75) is 19.8 Å². The molecular weight excluding hydrogens is 172 g/mol. The summed E-state index contributed by atoms with van der Waals surface area (Å²) in [5.74, 6) is 1.39. The number of aliphatic hydroxyl groups is 1. The lowest BCUT2D eigenvalue weighted by Gasteiger charge is -2.15. The number of allylic oxidation sites excluding steroid dienone is 4. The Labute approximate surface area is 76.5 Å². The summed E-state index contributed by atoms with van der Waals surface area (Å²) in [5, 5.41) is 8.51. The molecule has 1 aliphatic rings. The zero-order valence-corrected chi connectivity index (χ0v) is 7.45. The molecule has 4 nitrogen and oxygen atoms in total. The topological polar surface area (TPSA) is 55.8 Å². The molecule has 0 radical (unpaired) electrons. The summed E-state index contributed by atoms with van der Waals surface area (Å²) in [6.45, 7) is 1.94. The highest BCUT2D eigenvalue weighted by molar-refractivity contribution is 5.42. The number of carbonyl (C=O) groups is 1. The Morgan fingerprint density at radius 1 is 1.62 bits per heavy atom. The molecule has 0 saturated carbocycles. The molecule has 0 aromatic heterocycles. The van der Waals surface area contributed by atoms with Crippen LogP contribution in [0.1, 0.15) is 19.8 Å². The average molecular weight is 184 g/mol. The van der Waals surface area contributed by atoms with Crippen LogP contribution in [0.2, 0.25) is 0 Å². The minimum Gasteiger partial charge on any atom is -0.472 e. The second-order valence-corrected chi connectivity index (χ2v) is 2.70. The molecule has 1 rings (SSSR count). The van der Waals surface area contributed by atoms with Gasteiger partial charge in [0.25, 0.3) is 6.47 Å². The second-order valence-electron chi connectivity index (χ2n) is 2.70. The summed E-state index contributed by atoms with van der Waals surface area (Å²) in [5.41, 5.74) is 0.863. The molecule has 0 aliphatic heterocycles. The van der Waals surface area contributed by atoms with Gasteiger partial charge in [-0.2, -0.15) is 0 Å². The van der Waals surface area contributed by atoms with Crippen LogP contribution in [0.5, 0.6) is 0 Å². The molecule has 72 valence electrons. The summed E-state index contributed by atoms with van der Waals surface area (Å²) in [6.07, 6.45) is 3.05. The van der Waals surface area contributed by atoms with Gasteiger partial charge in [0.2, 0.25) is 0 Å². The van der Waals surface area contributed by atoms with Crippen LogP contribution in [0.3, 0.4) is 0 Å². The molecule has 1 N–H and O–H groups in total. The van der Waals surface area contributed by atoms with Crippen LogP contribution in [0.15, 0.2) is 23.2 Å². The van der Waals surface area contributed by atoms with E-state index in [9.17, 15) is 4.79 Å². The van der Waals surface area contributed by atoms with Gasteiger partial charge in [0, 0.05) is 12.8 Å². The third kappa shape index (κ3) is 2.59. The number of hydrogen-bond acceptors (Lipinski definition) is 4. The monoisotopic (exact) mass is 184 g/mol. The zero-order valence-electron chi connectivity index (χ0n) is 7.45. The van der Waals surface area contributed by atoms with Crippen LogP contribution in [-0.4, -0.2) is 18.4 Å². The van der Waals surface area contributed by atoms with Gasteiger partial charge in [-0.25, -0.2) is 0 Å². The van der Waals surface area contributed by atoms with Crippen LogP contribution in [0, 0.1) is 0 Å². The van der Waals surface area contributed by atoms with Crippen LogP contribution in [-0.2, 0) is 14.3 Å². The van der Waals surface area contributed by atoms with Gasteiger partial charge in [0.1, 0.15) is 11.5 Å². The predicted molar refractivity (Wildman–Crippen MR) is 45.3 cm³/mol. The van der Waals surface area contributed by atoms with E-state index in [0.717, 1.165) is 11.3 Å². The highest BCUT2D eigenvalue weighted by Crippen LogP contribution is 2.24. The Bertz CT molecular complexity index is 252. The van der Waals surface area contributed by atoms with Crippen molar-refractivity contribution in [3.8, 4) is 0 Å². The van der Waals surface area contributed by atoms with Crippen molar-refractivity contribution in [2.75, 3.05) is 6.79 Å². The number of hydrogen-bond donors (Lipinski definition) is 1. The van der Waals surface area contributed by atoms with Gasteiger partial charge >= 0.3 is 0 Å². The quantitative estimate of drug-likeness (QED) is 0.524. The number of rotatable bonds is 4. The van der Waals surface area contributed by atoms with E-state index in [-0.39, 0.29) is 6.79 Å². The van der Waals surface area contributed by atoms with E-state index in [1.807, 2.05) is 6.92 Å². The van der Waals surface area contributed by atoms with Gasteiger partial charge in [-0.1, -0.05) is 0 Å². The molecule has 0 heterocycles. The van der Waals surface area contributed by atoms with Crippen LogP contribution in [0.25, 0.3) is 0 Å². The molecular formula is C9H12O4. The molecule has 13 heavy (non-hydrogen) atoms. The van der Waals surface area contributed by atoms with Crippen molar-refractivity contribution in [3.05, 3.63) is 23.2 Å². The first-order chi connectivity index (χ1) is 6.27. The van der Waals surface area contributed by atoms with E-state index < -0.39 is 0 Å². The minimum absolute atomic E-state index is 0.316. The van der Waals surface area contributed by atoms with Gasteiger partial charge in [-0.05, 0) is 18.6 Å². The highest BCUT2D eigenvalue weighted by Gasteiger charge is 2.12. The van der Waals surface area contributed by atoms with Crippen molar-refractivity contribution in [2.24, 2.45) is 0 Å². The summed E-state index contributed by atoms with van der Waals surface area (Å²) >= 11 is 0. The van der Waals surface area contributed by atoms with Gasteiger partial charge < -0.3 is 14.6 Å². The Balaban J connectivity index is 2.68. The van der Waals surface area contributed by atoms with E-state index in [1.54, 1.807) is 6.08 Å². The molecule has 4 heteroatoms. The summed E-state index contributed by atoms with van der Waals surface area (Å²) in [4.78, 5) is 10.1. The van der Waals surface area contributed by atoms with Crippen molar-refractivity contribution < 1.29 is 19.4 Å². The van der Waals surface area contributed by atoms with Crippen molar-refractivity contribution >= 4 is 6.47 Å². The average Bonchev–Trinajstić information content (AvgIpc) is 2.10. The molecule has 0 aromatic carbocycles. The lowest BCUT2D eigenvalue weighted by atomic mass is 10.1. The van der Waals surface area contributed by atoms with Crippen molar-refractivity contribution in [3.63, 3.8) is 0 Å². The number of aliphatic hydroxyl groups excluding tert-OH is 1. The van der Waals surface area contributed by atoms with E-state index >= 15 is 0 Å². The smallest absolute Gasteiger partial charge is 0.298 e. The van der Waals surface area contributed by atoms with Crippen molar-refractivity contribution in [1.29, 1.82) is 0 Å². The first-order valence-electron chi connectivity index (χ1n) is 4.02. The van der Waals surface area contributed by atoms with Crippen LogP contribution >= 0.6 is 0 Å². The fourth-order valence-electron chi connectivity index (χ4n) is 1.23. The van der Waals surface area contributed by atoms with Gasteiger partial charge in [0.15, 0.2) is 6.79 Å².